The van der Waals surface area contributed by atoms with E-state index in [1.165, 1.54) is 0 Å². The predicted molar refractivity (Wildman–Crippen MR) is 93.8 cm³/mol. The Morgan fingerprint density at radius 2 is 2.24 bits per heavy atom. The number of carbonyl (C=O) groups is 1. The van der Waals surface area contributed by atoms with Crippen molar-refractivity contribution in [1.29, 1.82) is 0 Å². The van der Waals surface area contributed by atoms with Crippen LogP contribution in [0.2, 0.25) is 0 Å². The summed E-state index contributed by atoms with van der Waals surface area (Å²) in [5.41, 5.74) is 2.39. The minimum absolute atomic E-state index is 0.145. The molecular weight excluding hydrogens is 318 g/mol. The van der Waals surface area contributed by atoms with Gasteiger partial charge < -0.3 is 10.1 Å². The standard InChI is InChI=1S/C18H21N5O2/c1-13-16(21-23-10-5-11-25-18(13)23)17(24)19-8-4-9-22-15-7-3-2-6-14(15)12-20-22/h2-3,6-7,12H,4-5,8-11H2,1H3,(H,19,24). The third kappa shape index (κ3) is 2.97. The molecule has 25 heavy (non-hydrogen) atoms. The van der Waals surface area contributed by atoms with Crippen LogP contribution in [0.25, 0.3) is 10.9 Å². The zero-order chi connectivity index (χ0) is 17.2. The summed E-state index contributed by atoms with van der Waals surface area (Å²) in [6, 6.07) is 8.12. The topological polar surface area (TPSA) is 74.0 Å². The third-order valence-electron chi connectivity index (χ3n) is 4.48. The molecule has 1 aromatic carbocycles. The van der Waals surface area contributed by atoms with Crippen molar-refractivity contribution in [3.05, 3.63) is 41.7 Å². The smallest absolute Gasteiger partial charge is 0.272 e. The SMILES string of the molecule is Cc1c(C(=O)NCCCn2ncc3ccccc32)nn2c1OCCC2. The lowest BCUT2D eigenvalue weighted by Gasteiger charge is -2.14. The van der Waals surface area contributed by atoms with E-state index in [1.54, 1.807) is 4.68 Å². The minimum atomic E-state index is -0.145. The number of rotatable bonds is 5. The van der Waals surface area contributed by atoms with Crippen molar-refractivity contribution < 1.29 is 9.53 Å². The van der Waals surface area contributed by atoms with Crippen LogP contribution in [0.1, 0.15) is 28.9 Å². The molecule has 0 aliphatic carbocycles. The van der Waals surface area contributed by atoms with Crippen molar-refractivity contribution >= 4 is 16.8 Å². The van der Waals surface area contributed by atoms with Crippen LogP contribution in [0.5, 0.6) is 5.88 Å². The number of aryl methyl sites for hydroxylation is 2. The van der Waals surface area contributed by atoms with Gasteiger partial charge in [-0.15, -0.1) is 0 Å². The Hall–Kier alpha value is -2.83. The summed E-state index contributed by atoms with van der Waals surface area (Å²) in [7, 11) is 0. The quantitative estimate of drug-likeness (QED) is 0.723. The number of hydrogen-bond donors (Lipinski definition) is 1. The fourth-order valence-corrected chi connectivity index (χ4v) is 3.19. The van der Waals surface area contributed by atoms with Gasteiger partial charge in [0.25, 0.3) is 5.91 Å². The Balaban J connectivity index is 1.34. The van der Waals surface area contributed by atoms with Crippen LogP contribution in [-0.2, 0) is 13.1 Å². The highest BCUT2D eigenvalue weighted by Gasteiger charge is 2.22. The fraction of sp³-hybridized carbons (Fsp3) is 0.389. The van der Waals surface area contributed by atoms with Crippen LogP contribution < -0.4 is 10.1 Å². The van der Waals surface area contributed by atoms with E-state index in [-0.39, 0.29) is 5.91 Å². The number of amides is 1. The van der Waals surface area contributed by atoms with Crippen molar-refractivity contribution in [2.75, 3.05) is 13.2 Å². The van der Waals surface area contributed by atoms with Gasteiger partial charge in [0.05, 0.1) is 18.3 Å². The monoisotopic (exact) mass is 339 g/mol. The largest absolute Gasteiger partial charge is 0.478 e. The molecule has 3 heterocycles. The second kappa shape index (κ2) is 6.58. The number of ether oxygens (including phenoxy) is 1. The van der Waals surface area contributed by atoms with Crippen LogP contribution in [0.15, 0.2) is 30.5 Å². The molecule has 0 bridgehead atoms. The second-order valence-corrected chi connectivity index (χ2v) is 6.24. The fourth-order valence-electron chi connectivity index (χ4n) is 3.19. The van der Waals surface area contributed by atoms with Crippen LogP contribution in [-0.4, -0.2) is 38.6 Å². The van der Waals surface area contributed by atoms with Crippen LogP contribution in [0.4, 0.5) is 0 Å². The van der Waals surface area contributed by atoms with Crippen molar-refractivity contribution in [2.45, 2.75) is 32.9 Å². The first-order valence-electron chi connectivity index (χ1n) is 8.63. The van der Waals surface area contributed by atoms with Crippen molar-refractivity contribution in [2.24, 2.45) is 0 Å². The summed E-state index contributed by atoms with van der Waals surface area (Å²) < 4.78 is 9.36. The highest BCUT2D eigenvalue weighted by atomic mass is 16.5. The Kier molecular flexibility index (Phi) is 4.13. The Labute approximate surface area is 145 Å². The molecule has 0 radical (unpaired) electrons. The van der Waals surface area contributed by atoms with Gasteiger partial charge >= 0.3 is 0 Å². The number of nitrogens with zero attached hydrogens (tertiary/aromatic N) is 4. The van der Waals surface area contributed by atoms with E-state index in [9.17, 15) is 4.79 Å². The first-order chi connectivity index (χ1) is 12.2. The molecule has 1 amide bonds. The lowest BCUT2D eigenvalue weighted by Crippen LogP contribution is -2.26. The molecule has 3 aromatic rings. The van der Waals surface area contributed by atoms with Gasteiger partial charge in [0.1, 0.15) is 0 Å². The molecule has 0 unspecified atom stereocenters. The molecule has 4 rings (SSSR count). The Bertz CT molecular complexity index is 911. The number of fused-ring (bicyclic) bond motifs is 2. The van der Waals surface area contributed by atoms with E-state index in [0.717, 1.165) is 48.3 Å². The zero-order valence-corrected chi connectivity index (χ0v) is 14.2. The maximum absolute atomic E-state index is 12.4. The van der Waals surface area contributed by atoms with Crippen LogP contribution >= 0.6 is 0 Å². The van der Waals surface area contributed by atoms with E-state index in [2.05, 4.69) is 21.6 Å². The third-order valence-corrected chi connectivity index (χ3v) is 4.48. The van der Waals surface area contributed by atoms with E-state index in [4.69, 9.17) is 4.74 Å². The maximum atomic E-state index is 12.4. The number of carbonyl (C=O) groups excluding carboxylic acids is 1. The normalized spacial score (nSPS) is 13.5. The molecule has 0 fully saturated rings. The van der Waals surface area contributed by atoms with Gasteiger partial charge in [-0.05, 0) is 19.4 Å². The van der Waals surface area contributed by atoms with Crippen LogP contribution in [0.3, 0.4) is 0 Å². The van der Waals surface area contributed by atoms with E-state index in [1.807, 2.05) is 36.0 Å². The van der Waals surface area contributed by atoms with Gasteiger partial charge in [-0.3, -0.25) is 9.48 Å². The Morgan fingerprint density at radius 3 is 3.12 bits per heavy atom. The summed E-state index contributed by atoms with van der Waals surface area (Å²) in [6.45, 7) is 4.71. The molecule has 1 N–H and O–H groups in total. The molecule has 2 aromatic heterocycles. The molecule has 0 atom stereocenters. The summed E-state index contributed by atoms with van der Waals surface area (Å²) in [5.74, 6) is 0.577. The molecule has 1 aliphatic heterocycles. The van der Waals surface area contributed by atoms with Crippen molar-refractivity contribution in [3.63, 3.8) is 0 Å². The summed E-state index contributed by atoms with van der Waals surface area (Å²) in [4.78, 5) is 12.4. The van der Waals surface area contributed by atoms with E-state index in [0.29, 0.717) is 18.8 Å². The number of aromatic nitrogens is 4. The van der Waals surface area contributed by atoms with Gasteiger partial charge in [0.2, 0.25) is 5.88 Å². The Morgan fingerprint density at radius 1 is 1.36 bits per heavy atom. The van der Waals surface area contributed by atoms with Crippen molar-refractivity contribution in [1.82, 2.24) is 24.9 Å². The molecule has 7 nitrogen and oxygen atoms in total. The number of hydrogen-bond acceptors (Lipinski definition) is 4. The summed E-state index contributed by atoms with van der Waals surface area (Å²) >= 11 is 0. The molecular formula is C18H21N5O2. The number of nitrogens with one attached hydrogen (secondary N) is 1. The average molecular weight is 339 g/mol. The molecule has 0 saturated carbocycles. The lowest BCUT2D eigenvalue weighted by molar-refractivity contribution is 0.0946. The summed E-state index contributed by atoms with van der Waals surface area (Å²) in [5, 5.41) is 12.9. The molecule has 130 valence electrons. The highest BCUT2D eigenvalue weighted by molar-refractivity contribution is 5.94. The second-order valence-electron chi connectivity index (χ2n) is 6.24. The first-order valence-corrected chi connectivity index (χ1v) is 8.63. The highest BCUT2D eigenvalue weighted by Crippen LogP contribution is 2.24. The van der Waals surface area contributed by atoms with E-state index < -0.39 is 0 Å². The molecule has 7 heteroatoms. The average Bonchev–Trinajstić information content (AvgIpc) is 3.20. The van der Waals surface area contributed by atoms with Gasteiger partial charge in [-0.1, -0.05) is 18.2 Å². The van der Waals surface area contributed by atoms with E-state index >= 15 is 0 Å². The van der Waals surface area contributed by atoms with Gasteiger partial charge in [0.15, 0.2) is 5.69 Å². The number of para-hydroxylation sites is 1. The molecule has 0 spiro atoms. The molecule has 0 saturated heterocycles. The molecule has 1 aliphatic rings. The van der Waals surface area contributed by atoms with Gasteiger partial charge in [-0.25, -0.2) is 4.68 Å². The predicted octanol–water partition coefficient (Wildman–Crippen LogP) is 2.14. The first kappa shape index (κ1) is 15.7. The van der Waals surface area contributed by atoms with Gasteiger partial charge in [0, 0.05) is 37.0 Å². The van der Waals surface area contributed by atoms with Crippen molar-refractivity contribution in [3.8, 4) is 5.88 Å². The van der Waals surface area contributed by atoms with Crippen LogP contribution in [0, 0.1) is 6.92 Å². The minimum Gasteiger partial charge on any atom is -0.478 e. The zero-order valence-electron chi connectivity index (χ0n) is 14.2. The summed E-state index contributed by atoms with van der Waals surface area (Å²) in [6.07, 6.45) is 3.60. The van der Waals surface area contributed by atoms with Gasteiger partial charge in [-0.2, -0.15) is 10.2 Å². The lowest BCUT2D eigenvalue weighted by atomic mass is 10.2. The number of benzene rings is 1. The maximum Gasteiger partial charge on any atom is 0.272 e.